The van der Waals surface area contributed by atoms with Crippen LogP contribution in [0.25, 0.3) is 0 Å². The minimum absolute atomic E-state index is 0. The Hall–Kier alpha value is -1.59. The van der Waals surface area contributed by atoms with Crippen molar-refractivity contribution in [1.82, 2.24) is 5.01 Å². The van der Waals surface area contributed by atoms with Crippen LogP contribution in [0.15, 0.2) is 54.6 Å². The van der Waals surface area contributed by atoms with E-state index in [9.17, 15) is 9.90 Å². The first-order valence-electron chi connectivity index (χ1n) is 7.60. The SMILES string of the molecule is CN1[C@H](c2ccc(Cl)cc2)[C@H](C(=O)O)[C@@H](c2ccccc2)[NH+]1C.[Cl-]. The molecule has 0 amide bonds. The number of quaternary nitrogens is 1. The first-order chi connectivity index (χ1) is 11.0. The highest BCUT2D eigenvalue weighted by molar-refractivity contribution is 6.30. The second-order valence-corrected chi connectivity index (χ2v) is 6.44. The lowest BCUT2D eigenvalue weighted by molar-refractivity contribution is -1.01. The largest absolute Gasteiger partial charge is 1.00 e. The van der Waals surface area contributed by atoms with Crippen molar-refractivity contribution in [2.45, 2.75) is 12.1 Å². The molecule has 0 aromatic heterocycles. The van der Waals surface area contributed by atoms with E-state index in [2.05, 4.69) is 5.01 Å². The maximum absolute atomic E-state index is 12.1. The molecule has 1 aliphatic heterocycles. The summed E-state index contributed by atoms with van der Waals surface area (Å²) in [6.45, 7) is 0. The second-order valence-electron chi connectivity index (χ2n) is 6.00. The average molecular weight is 367 g/mol. The number of carbonyl (C=O) groups is 1. The summed E-state index contributed by atoms with van der Waals surface area (Å²) >= 11 is 5.97. The minimum atomic E-state index is -0.775. The molecular formula is C18H20Cl2N2O2. The first-order valence-corrected chi connectivity index (χ1v) is 7.98. The molecule has 2 N–H and O–H groups in total. The van der Waals surface area contributed by atoms with E-state index in [0.29, 0.717) is 5.02 Å². The van der Waals surface area contributed by atoms with Crippen LogP contribution < -0.4 is 17.4 Å². The Labute approximate surface area is 153 Å². The van der Waals surface area contributed by atoms with Crippen LogP contribution in [-0.4, -0.2) is 30.2 Å². The van der Waals surface area contributed by atoms with E-state index < -0.39 is 11.9 Å². The number of rotatable bonds is 3. The van der Waals surface area contributed by atoms with Gasteiger partial charge in [-0.05, 0) is 17.7 Å². The quantitative estimate of drug-likeness (QED) is 0.747. The molecule has 1 saturated heterocycles. The van der Waals surface area contributed by atoms with Gasteiger partial charge in [0.25, 0.3) is 0 Å². The van der Waals surface area contributed by atoms with Crippen molar-refractivity contribution in [1.29, 1.82) is 0 Å². The molecule has 1 fully saturated rings. The molecule has 0 saturated carbocycles. The number of nitrogens with zero attached hydrogens (tertiary/aromatic N) is 1. The molecule has 3 rings (SSSR count). The van der Waals surface area contributed by atoms with Crippen LogP contribution in [0.1, 0.15) is 23.2 Å². The molecule has 1 aliphatic rings. The van der Waals surface area contributed by atoms with Gasteiger partial charge < -0.3 is 17.5 Å². The lowest BCUT2D eigenvalue weighted by Gasteiger charge is -2.23. The highest BCUT2D eigenvalue weighted by atomic mass is 35.5. The fourth-order valence-electron chi connectivity index (χ4n) is 3.60. The number of halogens is 2. The summed E-state index contributed by atoms with van der Waals surface area (Å²) in [4.78, 5) is 12.1. The minimum Gasteiger partial charge on any atom is -1.00 e. The van der Waals surface area contributed by atoms with Gasteiger partial charge in [-0.1, -0.05) is 54.1 Å². The lowest BCUT2D eigenvalue weighted by Crippen LogP contribution is -3.13. The molecule has 2 aromatic rings. The fraction of sp³-hybridized carbons (Fsp3) is 0.278. The maximum atomic E-state index is 12.1. The number of hydrogen-bond donors (Lipinski definition) is 2. The van der Waals surface area contributed by atoms with Gasteiger partial charge in [0.1, 0.15) is 18.0 Å². The summed E-state index contributed by atoms with van der Waals surface area (Å²) in [6.07, 6.45) is 0. The van der Waals surface area contributed by atoms with Gasteiger partial charge in [0.05, 0.1) is 7.05 Å². The molecule has 0 radical (unpaired) electrons. The van der Waals surface area contributed by atoms with Crippen molar-refractivity contribution in [3.63, 3.8) is 0 Å². The summed E-state index contributed by atoms with van der Waals surface area (Å²) in [7, 11) is 3.98. The zero-order valence-electron chi connectivity index (χ0n) is 13.5. The maximum Gasteiger partial charge on any atom is 0.315 e. The average Bonchev–Trinajstić information content (AvgIpc) is 2.81. The predicted octanol–water partition coefficient (Wildman–Crippen LogP) is -0.798. The number of aliphatic carboxylic acids is 1. The Bertz CT molecular complexity index is 694. The van der Waals surface area contributed by atoms with E-state index in [1.165, 1.54) is 0 Å². The van der Waals surface area contributed by atoms with Gasteiger partial charge in [-0.25, -0.2) is 5.01 Å². The Kier molecular flexibility index (Phi) is 5.88. The summed E-state index contributed by atoms with van der Waals surface area (Å²) in [6, 6.07) is 17.0. The molecule has 4 nitrogen and oxygen atoms in total. The van der Waals surface area contributed by atoms with Crippen molar-refractivity contribution in [2.24, 2.45) is 5.92 Å². The number of carboxylic acids is 1. The molecule has 1 unspecified atom stereocenters. The number of carboxylic acid groups (broad SMARTS) is 1. The highest BCUT2D eigenvalue weighted by Crippen LogP contribution is 2.38. The van der Waals surface area contributed by atoms with Crippen molar-refractivity contribution in [3.8, 4) is 0 Å². The lowest BCUT2D eigenvalue weighted by atomic mass is 9.85. The Morgan fingerprint density at radius 3 is 2.21 bits per heavy atom. The van der Waals surface area contributed by atoms with Crippen LogP contribution in [0, 0.1) is 5.92 Å². The third-order valence-corrected chi connectivity index (χ3v) is 5.03. The molecule has 24 heavy (non-hydrogen) atoms. The Balaban J connectivity index is 0.00000208. The normalized spacial score (nSPS) is 26.8. The highest BCUT2D eigenvalue weighted by Gasteiger charge is 2.53. The third-order valence-electron chi connectivity index (χ3n) is 4.78. The Morgan fingerprint density at radius 2 is 1.67 bits per heavy atom. The van der Waals surface area contributed by atoms with Crippen molar-refractivity contribution in [2.75, 3.05) is 14.1 Å². The summed E-state index contributed by atoms with van der Waals surface area (Å²) in [5.41, 5.74) is 2.02. The van der Waals surface area contributed by atoms with Gasteiger partial charge in [0.2, 0.25) is 0 Å². The van der Waals surface area contributed by atoms with Crippen molar-refractivity contribution < 1.29 is 27.3 Å². The van der Waals surface area contributed by atoms with Crippen LogP contribution in [0.5, 0.6) is 0 Å². The van der Waals surface area contributed by atoms with Crippen LogP contribution in [0.4, 0.5) is 0 Å². The van der Waals surface area contributed by atoms with E-state index >= 15 is 0 Å². The van der Waals surface area contributed by atoms with Crippen LogP contribution >= 0.6 is 11.6 Å². The Morgan fingerprint density at radius 1 is 1.08 bits per heavy atom. The van der Waals surface area contributed by atoms with Crippen LogP contribution in [0.2, 0.25) is 5.02 Å². The molecule has 128 valence electrons. The number of benzene rings is 2. The van der Waals surface area contributed by atoms with Crippen LogP contribution in [0.3, 0.4) is 0 Å². The molecule has 4 atom stereocenters. The topological polar surface area (TPSA) is 45.0 Å². The van der Waals surface area contributed by atoms with Gasteiger partial charge in [0.15, 0.2) is 0 Å². The number of hydrogen-bond acceptors (Lipinski definition) is 2. The van der Waals surface area contributed by atoms with E-state index in [1.54, 1.807) is 0 Å². The predicted molar refractivity (Wildman–Crippen MR) is 89.2 cm³/mol. The van der Waals surface area contributed by atoms with E-state index in [1.807, 2.05) is 68.7 Å². The molecular weight excluding hydrogens is 347 g/mol. The zero-order chi connectivity index (χ0) is 16.6. The van der Waals surface area contributed by atoms with Gasteiger partial charge in [-0.2, -0.15) is 5.01 Å². The molecule has 2 aromatic carbocycles. The fourth-order valence-corrected chi connectivity index (χ4v) is 3.73. The van der Waals surface area contributed by atoms with E-state index in [0.717, 1.165) is 16.1 Å². The van der Waals surface area contributed by atoms with E-state index in [4.69, 9.17) is 11.6 Å². The van der Waals surface area contributed by atoms with E-state index in [-0.39, 0.29) is 24.5 Å². The van der Waals surface area contributed by atoms with Gasteiger partial charge in [-0.3, -0.25) is 4.79 Å². The first kappa shape index (κ1) is 18.7. The zero-order valence-corrected chi connectivity index (χ0v) is 15.0. The van der Waals surface area contributed by atoms with Crippen molar-refractivity contribution in [3.05, 3.63) is 70.7 Å². The van der Waals surface area contributed by atoms with Crippen molar-refractivity contribution >= 4 is 17.6 Å². The van der Waals surface area contributed by atoms with Gasteiger partial charge in [-0.15, -0.1) is 0 Å². The smallest absolute Gasteiger partial charge is 0.315 e. The molecule has 0 aliphatic carbocycles. The molecule has 0 bridgehead atoms. The van der Waals surface area contributed by atoms with Gasteiger partial charge >= 0.3 is 5.97 Å². The van der Waals surface area contributed by atoms with Gasteiger partial charge in [0, 0.05) is 17.6 Å². The standard InChI is InChI=1S/C18H19ClN2O2.ClH/c1-20-16(12-6-4-3-5-7-12)15(18(22)23)17(21(20)2)13-8-10-14(19)11-9-13;/h3-11,15-17H,1-2H3,(H,22,23);1H/t15-,16-,17-;/m1./s1. The number of nitrogens with one attached hydrogen (secondary N) is 1. The summed E-state index contributed by atoms with van der Waals surface area (Å²) in [5, 5.41) is 13.7. The molecule has 6 heteroatoms. The molecule has 1 heterocycles. The van der Waals surface area contributed by atoms with Crippen LogP contribution in [-0.2, 0) is 4.79 Å². The monoisotopic (exact) mass is 366 g/mol. The summed E-state index contributed by atoms with van der Waals surface area (Å²) < 4.78 is 0. The molecule has 0 spiro atoms. The summed E-state index contributed by atoms with van der Waals surface area (Å²) in [5.74, 6) is -1.30. The third kappa shape index (κ3) is 3.28. The second kappa shape index (κ2) is 7.53.